The summed E-state index contributed by atoms with van der Waals surface area (Å²) in [5, 5.41) is 5.55. The quantitative estimate of drug-likeness (QED) is 0.837. The van der Waals surface area contributed by atoms with Gasteiger partial charge >= 0.3 is 0 Å². The van der Waals surface area contributed by atoms with Gasteiger partial charge in [-0.1, -0.05) is 23.8 Å². The van der Waals surface area contributed by atoms with Crippen molar-refractivity contribution in [2.24, 2.45) is 0 Å². The van der Waals surface area contributed by atoms with Crippen molar-refractivity contribution < 1.29 is 14.3 Å². The summed E-state index contributed by atoms with van der Waals surface area (Å²) in [5.74, 6) is 0.213. The number of hydrogen-bond acceptors (Lipinski definition) is 3. The lowest BCUT2D eigenvalue weighted by Gasteiger charge is -2.18. The van der Waals surface area contributed by atoms with E-state index < -0.39 is 0 Å². The average Bonchev–Trinajstić information content (AvgIpc) is 2.61. The molecule has 1 unspecified atom stereocenters. The molecule has 0 aromatic heterocycles. The van der Waals surface area contributed by atoms with Gasteiger partial charge in [-0.3, -0.25) is 9.59 Å². The minimum absolute atomic E-state index is 0.0791. The van der Waals surface area contributed by atoms with Gasteiger partial charge in [0.15, 0.2) is 0 Å². The van der Waals surface area contributed by atoms with Crippen LogP contribution in [-0.4, -0.2) is 25.5 Å². The van der Waals surface area contributed by atoms with Crippen molar-refractivity contribution in [3.63, 3.8) is 0 Å². The van der Waals surface area contributed by atoms with E-state index >= 15 is 0 Å². The first-order valence-corrected chi connectivity index (χ1v) is 8.61. The van der Waals surface area contributed by atoms with Gasteiger partial charge in [-0.2, -0.15) is 0 Å². The number of ether oxygens (including phenoxy) is 1. The number of amides is 2. The van der Waals surface area contributed by atoms with Crippen molar-refractivity contribution in [1.82, 2.24) is 10.6 Å². The Hall–Kier alpha value is -2.82. The maximum absolute atomic E-state index is 12.2. The molecule has 0 aliphatic rings. The average molecular weight is 354 g/mol. The Morgan fingerprint density at radius 2 is 1.77 bits per heavy atom. The molecule has 2 aromatic carbocycles. The van der Waals surface area contributed by atoms with Gasteiger partial charge in [0.05, 0.1) is 19.7 Å². The van der Waals surface area contributed by atoms with Crippen LogP contribution in [-0.2, 0) is 4.79 Å². The van der Waals surface area contributed by atoms with Gasteiger partial charge < -0.3 is 15.4 Å². The molecule has 0 heterocycles. The Labute approximate surface area is 154 Å². The zero-order valence-electron chi connectivity index (χ0n) is 16.0. The molecule has 0 spiro atoms. The van der Waals surface area contributed by atoms with E-state index in [0.717, 1.165) is 28.0 Å². The summed E-state index contributed by atoms with van der Waals surface area (Å²) in [7, 11) is 1.60. The number of rotatable bonds is 6. The molecule has 2 rings (SSSR count). The first kappa shape index (κ1) is 19.5. The van der Waals surface area contributed by atoms with Crippen LogP contribution >= 0.6 is 0 Å². The van der Waals surface area contributed by atoms with Crippen LogP contribution in [0.4, 0.5) is 0 Å². The Morgan fingerprint density at radius 1 is 1.04 bits per heavy atom. The SMILES string of the molecule is COc1ccc(C)cc1C(C)NC(=O)CNC(=O)c1ccc(C)c(C)c1. The van der Waals surface area contributed by atoms with E-state index in [2.05, 4.69) is 10.6 Å². The van der Waals surface area contributed by atoms with Gasteiger partial charge in [0.25, 0.3) is 5.91 Å². The Bertz CT molecular complexity index is 815. The van der Waals surface area contributed by atoms with Crippen molar-refractivity contribution in [3.8, 4) is 5.75 Å². The third-order valence-electron chi connectivity index (χ3n) is 4.41. The van der Waals surface area contributed by atoms with Crippen LogP contribution in [0.15, 0.2) is 36.4 Å². The summed E-state index contributed by atoms with van der Waals surface area (Å²) >= 11 is 0. The first-order valence-electron chi connectivity index (χ1n) is 8.61. The van der Waals surface area contributed by atoms with Crippen molar-refractivity contribution in [1.29, 1.82) is 0 Å². The summed E-state index contributed by atoms with van der Waals surface area (Å²) < 4.78 is 5.36. The first-order chi connectivity index (χ1) is 12.3. The molecule has 0 fully saturated rings. The van der Waals surface area contributed by atoms with Crippen LogP contribution in [0.1, 0.15) is 45.6 Å². The fraction of sp³-hybridized carbons (Fsp3) is 0.333. The van der Waals surface area contributed by atoms with Crippen molar-refractivity contribution in [2.45, 2.75) is 33.7 Å². The minimum atomic E-state index is -0.260. The summed E-state index contributed by atoms with van der Waals surface area (Å²) in [6.45, 7) is 7.74. The molecule has 26 heavy (non-hydrogen) atoms. The largest absolute Gasteiger partial charge is 0.496 e. The standard InChI is InChI=1S/C21H26N2O3/c1-13-6-9-19(26-5)18(10-13)16(4)23-20(24)12-22-21(25)17-8-7-14(2)15(3)11-17/h6-11,16H,12H2,1-5H3,(H,22,25)(H,23,24). The second-order valence-corrected chi connectivity index (χ2v) is 6.52. The highest BCUT2D eigenvalue weighted by Gasteiger charge is 2.15. The molecule has 2 aromatic rings. The van der Waals surface area contributed by atoms with E-state index in [1.54, 1.807) is 13.2 Å². The Balaban J connectivity index is 1.95. The second-order valence-electron chi connectivity index (χ2n) is 6.52. The topological polar surface area (TPSA) is 67.4 Å². The summed E-state index contributed by atoms with van der Waals surface area (Å²) in [4.78, 5) is 24.4. The molecule has 0 saturated carbocycles. The lowest BCUT2D eigenvalue weighted by atomic mass is 10.0. The number of benzene rings is 2. The molecule has 0 aliphatic carbocycles. The van der Waals surface area contributed by atoms with Crippen LogP contribution in [0.3, 0.4) is 0 Å². The van der Waals surface area contributed by atoms with Gasteiger partial charge in [-0.05, 0) is 57.0 Å². The molecule has 1 atom stereocenters. The van der Waals surface area contributed by atoms with Gasteiger partial charge in [0, 0.05) is 11.1 Å². The van der Waals surface area contributed by atoms with Crippen LogP contribution in [0.5, 0.6) is 5.75 Å². The van der Waals surface area contributed by atoms with Crippen LogP contribution in [0.2, 0.25) is 0 Å². The molecule has 0 aliphatic heterocycles. The number of methoxy groups -OCH3 is 1. The maximum atomic E-state index is 12.2. The minimum Gasteiger partial charge on any atom is -0.496 e. The van der Waals surface area contributed by atoms with Crippen LogP contribution in [0, 0.1) is 20.8 Å². The predicted octanol–water partition coefficient (Wildman–Crippen LogP) is 3.23. The number of carbonyl (C=O) groups is 2. The van der Waals surface area contributed by atoms with E-state index in [0.29, 0.717) is 5.56 Å². The normalized spacial score (nSPS) is 11.6. The van der Waals surface area contributed by atoms with E-state index in [1.165, 1.54) is 0 Å². The highest BCUT2D eigenvalue weighted by molar-refractivity contribution is 5.96. The molecule has 138 valence electrons. The second kappa shape index (κ2) is 8.52. The molecule has 5 heteroatoms. The monoisotopic (exact) mass is 354 g/mol. The van der Waals surface area contributed by atoms with Crippen LogP contribution in [0.25, 0.3) is 0 Å². The fourth-order valence-electron chi connectivity index (χ4n) is 2.71. The van der Waals surface area contributed by atoms with Gasteiger partial charge in [0.2, 0.25) is 5.91 Å². The molecule has 0 saturated heterocycles. The lowest BCUT2D eigenvalue weighted by molar-refractivity contribution is -0.120. The molecule has 2 amide bonds. The zero-order valence-corrected chi connectivity index (χ0v) is 16.0. The van der Waals surface area contributed by atoms with Gasteiger partial charge in [0.1, 0.15) is 5.75 Å². The van der Waals surface area contributed by atoms with Crippen molar-refractivity contribution in [3.05, 3.63) is 64.2 Å². The Kier molecular flexibility index (Phi) is 6.39. The van der Waals surface area contributed by atoms with Crippen molar-refractivity contribution in [2.75, 3.05) is 13.7 Å². The molecular formula is C21H26N2O3. The number of carbonyl (C=O) groups excluding carboxylic acids is 2. The smallest absolute Gasteiger partial charge is 0.251 e. The molecule has 0 bridgehead atoms. The highest BCUT2D eigenvalue weighted by atomic mass is 16.5. The summed E-state index contributed by atoms with van der Waals surface area (Å²) in [6, 6.07) is 11.1. The summed E-state index contributed by atoms with van der Waals surface area (Å²) in [5.41, 5.74) is 4.71. The third-order valence-corrected chi connectivity index (χ3v) is 4.41. The predicted molar refractivity (Wildman–Crippen MR) is 103 cm³/mol. The lowest BCUT2D eigenvalue weighted by Crippen LogP contribution is -2.38. The van der Waals surface area contributed by atoms with Gasteiger partial charge in [-0.15, -0.1) is 0 Å². The van der Waals surface area contributed by atoms with Crippen molar-refractivity contribution >= 4 is 11.8 Å². The van der Waals surface area contributed by atoms with E-state index in [-0.39, 0.29) is 24.4 Å². The summed E-state index contributed by atoms with van der Waals surface area (Å²) in [6.07, 6.45) is 0. The van der Waals surface area contributed by atoms with E-state index in [4.69, 9.17) is 4.74 Å². The zero-order chi connectivity index (χ0) is 19.3. The van der Waals surface area contributed by atoms with E-state index in [9.17, 15) is 9.59 Å². The molecule has 2 N–H and O–H groups in total. The fourth-order valence-corrected chi connectivity index (χ4v) is 2.71. The number of hydrogen-bond donors (Lipinski definition) is 2. The van der Waals surface area contributed by atoms with E-state index in [1.807, 2.05) is 58.0 Å². The molecule has 5 nitrogen and oxygen atoms in total. The molecular weight excluding hydrogens is 328 g/mol. The molecule has 0 radical (unpaired) electrons. The third kappa shape index (κ3) is 4.85. The number of nitrogens with one attached hydrogen (secondary N) is 2. The maximum Gasteiger partial charge on any atom is 0.251 e. The highest BCUT2D eigenvalue weighted by Crippen LogP contribution is 2.25. The van der Waals surface area contributed by atoms with Crippen LogP contribution < -0.4 is 15.4 Å². The Morgan fingerprint density at radius 3 is 2.42 bits per heavy atom. The number of aryl methyl sites for hydroxylation is 3. The van der Waals surface area contributed by atoms with Gasteiger partial charge in [-0.25, -0.2) is 0 Å².